The highest BCUT2D eigenvalue weighted by Gasteiger charge is 2.12. The molecule has 0 radical (unpaired) electrons. The Bertz CT molecular complexity index is 605. The molecule has 0 aromatic carbocycles. The second kappa shape index (κ2) is 5.45. The molecule has 0 bridgehead atoms. The molecule has 2 rings (SSSR count). The van der Waals surface area contributed by atoms with Gasteiger partial charge in [0.1, 0.15) is 4.47 Å². The van der Waals surface area contributed by atoms with E-state index < -0.39 is 0 Å². The number of ether oxygens (including phenoxy) is 1. The van der Waals surface area contributed by atoms with E-state index in [1.54, 1.807) is 18.0 Å². The van der Waals surface area contributed by atoms with Gasteiger partial charge in [0.2, 0.25) is 0 Å². The number of halogens is 1. The third-order valence-corrected chi connectivity index (χ3v) is 3.21. The molecule has 0 spiro atoms. The van der Waals surface area contributed by atoms with Crippen LogP contribution < -0.4 is 5.56 Å². The molecule has 2 aromatic rings. The lowest BCUT2D eigenvalue weighted by molar-refractivity contribution is 0.186. The molecule has 0 aliphatic heterocycles. The SMILES string of the molecule is COCCn1cnc(-c2cnn(C)c2)c(Br)c1=O. The Morgan fingerprint density at radius 1 is 1.50 bits per heavy atom. The van der Waals surface area contributed by atoms with Crippen LogP contribution in [0.5, 0.6) is 0 Å². The van der Waals surface area contributed by atoms with Crippen LogP contribution in [0.2, 0.25) is 0 Å². The van der Waals surface area contributed by atoms with Gasteiger partial charge in [0.15, 0.2) is 0 Å². The van der Waals surface area contributed by atoms with Crippen LogP contribution in [0.15, 0.2) is 28.0 Å². The highest BCUT2D eigenvalue weighted by atomic mass is 79.9. The van der Waals surface area contributed by atoms with Crippen molar-refractivity contribution in [1.82, 2.24) is 19.3 Å². The Labute approximate surface area is 112 Å². The number of aryl methyl sites for hydroxylation is 1. The van der Waals surface area contributed by atoms with Crippen LogP contribution in [-0.4, -0.2) is 33.0 Å². The quantitative estimate of drug-likeness (QED) is 0.846. The first kappa shape index (κ1) is 13.0. The molecule has 6 nitrogen and oxygen atoms in total. The number of hydrogen-bond donors (Lipinski definition) is 0. The van der Waals surface area contributed by atoms with Crippen LogP contribution in [0.4, 0.5) is 0 Å². The third kappa shape index (κ3) is 2.51. The molecule has 0 N–H and O–H groups in total. The van der Waals surface area contributed by atoms with Crippen molar-refractivity contribution in [2.45, 2.75) is 6.54 Å². The first-order chi connectivity index (χ1) is 8.63. The van der Waals surface area contributed by atoms with E-state index in [0.717, 1.165) is 5.56 Å². The van der Waals surface area contributed by atoms with Crippen molar-refractivity contribution in [3.63, 3.8) is 0 Å². The van der Waals surface area contributed by atoms with E-state index in [1.807, 2.05) is 13.2 Å². The second-order valence-corrected chi connectivity index (χ2v) is 4.59. The third-order valence-electron chi connectivity index (χ3n) is 2.50. The highest BCUT2D eigenvalue weighted by molar-refractivity contribution is 9.10. The Hall–Kier alpha value is -1.47. The molecule has 0 aliphatic rings. The summed E-state index contributed by atoms with van der Waals surface area (Å²) in [7, 11) is 3.41. The highest BCUT2D eigenvalue weighted by Crippen LogP contribution is 2.21. The van der Waals surface area contributed by atoms with Gasteiger partial charge >= 0.3 is 0 Å². The Morgan fingerprint density at radius 2 is 2.28 bits per heavy atom. The van der Waals surface area contributed by atoms with E-state index in [4.69, 9.17) is 4.74 Å². The fourth-order valence-electron chi connectivity index (χ4n) is 1.56. The maximum Gasteiger partial charge on any atom is 0.268 e. The summed E-state index contributed by atoms with van der Waals surface area (Å²) in [5.74, 6) is 0. The normalized spacial score (nSPS) is 10.8. The van der Waals surface area contributed by atoms with Crippen LogP contribution in [0.25, 0.3) is 11.3 Å². The van der Waals surface area contributed by atoms with E-state index in [9.17, 15) is 4.79 Å². The van der Waals surface area contributed by atoms with Crippen molar-refractivity contribution in [2.24, 2.45) is 7.05 Å². The molecule has 0 unspecified atom stereocenters. The summed E-state index contributed by atoms with van der Waals surface area (Å²) in [5, 5.41) is 4.06. The van der Waals surface area contributed by atoms with Gasteiger partial charge in [-0.1, -0.05) is 0 Å². The average molecular weight is 313 g/mol. The Kier molecular flexibility index (Phi) is 3.93. The zero-order valence-corrected chi connectivity index (χ0v) is 11.7. The van der Waals surface area contributed by atoms with Gasteiger partial charge in [-0.05, 0) is 15.9 Å². The van der Waals surface area contributed by atoms with Gasteiger partial charge in [0.25, 0.3) is 5.56 Å². The smallest absolute Gasteiger partial charge is 0.268 e. The van der Waals surface area contributed by atoms with Gasteiger partial charge < -0.3 is 4.74 Å². The largest absolute Gasteiger partial charge is 0.383 e. The van der Waals surface area contributed by atoms with Gasteiger partial charge in [-0.15, -0.1) is 0 Å². The Balaban J connectivity index is 2.40. The summed E-state index contributed by atoms with van der Waals surface area (Å²) in [6.07, 6.45) is 5.01. The maximum atomic E-state index is 12.1. The molecule has 96 valence electrons. The lowest BCUT2D eigenvalue weighted by Crippen LogP contribution is -2.23. The van der Waals surface area contributed by atoms with Gasteiger partial charge in [-0.25, -0.2) is 4.98 Å². The molecule has 0 saturated carbocycles. The topological polar surface area (TPSA) is 61.9 Å². The number of aromatic nitrogens is 4. The van der Waals surface area contributed by atoms with Crippen molar-refractivity contribution in [1.29, 1.82) is 0 Å². The first-order valence-electron chi connectivity index (χ1n) is 5.36. The zero-order chi connectivity index (χ0) is 13.1. The summed E-state index contributed by atoms with van der Waals surface area (Å²) >= 11 is 3.30. The van der Waals surface area contributed by atoms with Crippen LogP contribution in [0.3, 0.4) is 0 Å². The molecule has 7 heteroatoms. The average Bonchev–Trinajstić information content (AvgIpc) is 2.78. The molecule has 0 atom stereocenters. The van der Waals surface area contributed by atoms with Crippen LogP contribution in [-0.2, 0) is 18.3 Å². The summed E-state index contributed by atoms with van der Waals surface area (Å²) in [6.45, 7) is 0.953. The van der Waals surface area contributed by atoms with E-state index >= 15 is 0 Å². The van der Waals surface area contributed by atoms with Crippen LogP contribution in [0, 0.1) is 0 Å². The molecule has 18 heavy (non-hydrogen) atoms. The molecule has 0 amide bonds. The van der Waals surface area contributed by atoms with Crippen molar-refractivity contribution >= 4 is 15.9 Å². The van der Waals surface area contributed by atoms with E-state index in [1.165, 1.54) is 10.9 Å². The van der Waals surface area contributed by atoms with Gasteiger partial charge in [0, 0.05) is 25.9 Å². The summed E-state index contributed by atoms with van der Waals surface area (Å²) in [4.78, 5) is 16.4. The predicted octanol–water partition coefficient (Wildman–Crippen LogP) is 1.05. The van der Waals surface area contributed by atoms with Crippen molar-refractivity contribution < 1.29 is 4.74 Å². The number of methoxy groups -OCH3 is 1. The van der Waals surface area contributed by atoms with E-state index in [0.29, 0.717) is 23.3 Å². The monoisotopic (exact) mass is 312 g/mol. The number of hydrogen-bond acceptors (Lipinski definition) is 4. The summed E-state index contributed by atoms with van der Waals surface area (Å²) < 4.78 is 8.56. The molecule has 0 aliphatic carbocycles. The van der Waals surface area contributed by atoms with Gasteiger partial charge in [0.05, 0.1) is 31.4 Å². The lowest BCUT2D eigenvalue weighted by Gasteiger charge is -2.07. The summed E-state index contributed by atoms with van der Waals surface area (Å²) in [6, 6.07) is 0. The second-order valence-electron chi connectivity index (χ2n) is 3.80. The van der Waals surface area contributed by atoms with Crippen molar-refractivity contribution in [3.8, 4) is 11.3 Å². The first-order valence-corrected chi connectivity index (χ1v) is 6.15. The van der Waals surface area contributed by atoms with E-state index in [-0.39, 0.29) is 5.56 Å². The number of nitrogens with zero attached hydrogens (tertiary/aromatic N) is 4. The Morgan fingerprint density at radius 3 is 2.89 bits per heavy atom. The van der Waals surface area contributed by atoms with Crippen LogP contribution >= 0.6 is 15.9 Å². The van der Waals surface area contributed by atoms with E-state index in [2.05, 4.69) is 26.0 Å². The lowest BCUT2D eigenvalue weighted by atomic mass is 10.2. The minimum Gasteiger partial charge on any atom is -0.383 e. The predicted molar refractivity (Wildman–Crippen MR) is 70.3 cm³/mol. The minimum absolute atomic E-state index is 0.124. The molecule has 0 fully saturated rings. The zero-order valence-electron chi connectivity index (χ0n) is 10.1. The molecule has 2 aromatic heterocycles. The van der Waals surface area contributed by atoms with Crippen molar-refractivity contribution in [2.75, 3.05) is 13.7 Å². The molecular weight excluding hydrogens is 300 g/mol. The van der Waals surface area contributed by atoms with Gasteiger partial charge in [-0.2, -0.15) is 5.10 Å². The standard InChI is InChI=1S/C11H13BrN4O2/c1-15-6-8(5-14-15)10-9(12)11(17)16(7-13-10)3-4-18-2/h5-7H,3-4H2,1-2H3. The fraction of sp³-hybridized carbons (Fsp3) is 0.364. The van der Waals surface area contributed by atoms with Gasteiger partial charge in [-0.3, -0.25) is 14.0 Å². The molecule has 0 saturated heterocycles. The minimum atomic E-state index is -0.124. The fourth-order valence-corrected chi connectivity index (χ4v) is 2.12. The molecular formula is C11H13BrN4O2. The maximum absolute atomic E-state index is 12.1. The number of rotatable bonds is 4. The van der Waals surface area contributed by atoms with Crippen molar-refractivity contribution in [3.05, 3.63) is 33.5 Å². The summed E-state index contributed by atoms with van der Waals surface area (Å²) in [5.41, 5.74) is 1.28. The molecule has 2 heterocycles. The van der Waals surface area contributed by atoms with Crippen LogP contribution in [0.1, 0.15) is 0 Å².